The molecule has 0 spiro atoms. The number of amides is 1. The number of nitrogens with one attached hydrogen (secondary N) is 2. The summed E-state index contributed by atoms with van der Waals surface area (Å²) in [6, 6.07) is 0. The van der Waals surface area contributed by atoms with E-state index in [-0.39, 0.29) is 5.91 Å². The molecule has 1 saturated heterocycles. The van der Waals surface area contributed by atoms with Gasteiger partial charge in [-0.15, -0.1) is 0 Å². The second-order valence-corrected chi connectivity index (χ2v) is 5.12. The highest BCUT2D eigenvalue weighted by Gasteiger charge is 2.19. The molecule has 0 saturated carbocycles. The minimum absolute atomic E-state index is 0.141. The van der Waals surface area contributed by atoms with E-state index in [0.29, 0.717) is 17.4 Å². The summed E-state index contributed by atoms with van der Waals surface area (Å²) in [6.07, 6.45) is 5.37. The lowest BCUT2D eigenvalue weighted by Crippen LogP contribution is -2.38. The van der Waals surface area contributed by atoms with Gasteiger partial charge in [-0.1, -0.05) is 6.92 Å². The molecule has 2 N–H and O–H groups in total. The van der Waals surface area contributed by atoms with Crippen molar-refractivity contribution in [2.45, 2.75) is 19.8 Å². The van der Waals surface area contributed by atoms with E-state index in [1.807, 2.05) is 0 Å². The van der Waals surface area contributed by atoms with E-state index in [2.05, 4.69) is 32.4 Å². The van der Waals surface area contributed by atoms with Gasteiger partial charge in [0, 0.05) is 13.6 Å². The summed E-state index contributed by atoms with van der Waals surface area (Å²) in [5.74, 6) is 1.10. The lowest BCUT2D eigenvalue weighted by Gasteiger charge is -2.30. The molecule has 1 aromatic heterocycles. The number of hydrogen-bond acceptors (Lipinski definition) is 5. The lowest BCUT2D eigenvalue weighted by molar-refractivity contribution is 0.0931. The predicted molar refractivity (Wildman–Crippen MR) is 78.7 cm³/mol. The molecule has 0 radical (unpaired) electrons. The van der Waals surface area contributed by atoms with Crippen molar-refractivity contribution in [2.24, 2.45) is 5.92 Å². The summed E-state index contributed by atoms with van der Waals surface area (Å²) in [6.45, 7) is 6.30. The molecule has 1 fully saturated rings. The zero-order valence-electron chi connectivity index (χ0n) is 12.2. The third kappa shape index (κ3) is 3.90. The monoisotopic (exact) mass is 277 g/mol. The Morgan fingerprint density at radius 2 is 2.10 bits per heavy atom. The number of carbonyl (C=O) groups is 1. The second kappa shape index (κ2) is 7.19. The number of hydrogen-bond donors (Lipinski definition) is 2. The Morgan fingerprint density at radius 1 is 1.35 bits per heavy atom. The molecule has 6 heteroatoms. The van der Waals surface area contributed by atoms with Crippen LogP contribution in [-0.2, 0) is 0 Å². The Hall–Kier alpha value is -1.69. The standard InChI is InChI=1S/C14H23N5O/c1-3-19-6-4-11(5-7-19)8-18-14(20)12-9-17-13(15-2)10-16-12/h9-11H,3-8H2,1-2H3,(H,15,17)(H,18,20). The van der Waals surface area contributed by atoms with E-state index >= 15 is 0 Å². The van der Waals surface area contributed by atoms with Crippen molar-refractivity contribution in [1.82, 2.24) is 20.2 Å². The maximum absolute atomic E-state index is 12.0. The van der Waals surface area contributed by atoms with Crippen LogP contribution in [0.15, 0.2) is 12.4 Å². The number of piperidine rings is 1. The largest absolute Gasteiger partial charge is 0.372 e. The van der Waals surface area contributed by atoms with Crippen molar-refractivity contribution in [2.75, 3.05) is 38.5 Å². The highest BCUT2D eigenvalue weighted by molar-refractivity contribution is 5.91. The normalized spacial score (nSPS) is 16.9. The van der Waals surface area contributed by atoms with Crippen LogP contribution in [-0.4, -0.2) is 54.0 Å². The smallest absolute Gasteiger partial charge is 0.271 e. The van der Waals surface area contributed by atoms with E-state index in [0.717, 1.165) is 39.0 Å². The zero-order valence-corrected chi connectivity index (χ0v) is 12.2. The third-order valence-corrected chi connectivity index (χ3v) is 3.85. The van der Waals surface area contributed by atoms with Gasteiger partial charge >= 0.3 is 0 Å². The SMILES string of the molecule is CCN1CCC(CNC(=O)c2cnc(NC)cn2)CC1. The molecule has 2 heterocycles. The van der Waals surface area contributed by atoms with Gasteiger partial charge < -0.3 is 15.5 Å². The van der Waals surface area contributed by atoms with Crippen LogP contribution in [0, 0.1) is 5.92 Å². The van der Waals surface area contributed by atoms with Crippen molar-refractivity contribution >= 4 is 11.7 Å². The predicted octanol–water partition coefficient (Wildman–Crippen LogP) is 0.980. The summed E-state index contributed by atoms with van der Waals surface area (Å²) >= 11 is 0. The minimum atomic E-state index is -0.141. The maximum atomic E-state index is 12.0. The van der Waals surface area contributed by atoms with E-state index in [1.54, 1.807) is 13.2 Å². The van der Waals surface area contributed by atoms with Gasteiger partial charge in [-0.25, -0.2) is 9.97 Å². The average molecular weight is 277 g/mol. The van der Waals surface area contributed by atoms with Gasteiger partial charge in [-0.2, -0.15) is 0 Å². The molecule has 2 rings (SSSR count). The number of carbonyl (C=O) groups excluding carboxylic acids is 1. The third-order valence-electron chi connectivity index (χ3n) is 3.85. The van der Waals surface area contributed by atoms with Crippen LogP contribution in [0.25, 0.3) is 0 Å². The zero-order chi connectivity index (χ0) is 14.4. The van der Waals surface area contributed by atoms with Crippen LogP contribution in [0.2, 0.25) is 0 Å². The number of anilines is 1. The fourth-order valence-corrected chi connectivity index (χ4v) is 2.41. The Kier molecular flexibility index (Phi) is 5.29. The van der Waals surface area contributed by atoms with Crippen LogP contribution in [0.1, 0.15) is 30.3 Å². The molecule has 1 aliphatic heterocycles. The Labute approximate surface area is 120 Å². The maximum Gasteiger partial charge on any atom is 0.271 e. The quantitative estimate of drug-likeness (QED) is 0.839. The van der Waals surface area contributed by atoms with E-state index < -0.39 is 0 Å². The topological polar surface area (TPSA) is 70.2 Å². The van der Waals surface area contributed by atoms with Crippen molar-refractivity contribution in [3.8, 4) is 0 Å². The molecule has 1 aliphatic rings. The molecule has 20 heavy (non-hydrogen) atoms. The van der Waals surface area contributed by atoms with Gasteiger partial charge in [-0.05, 0) is 38.4 Å². The van der Waals surface area contributed by atoms with E-state index in [9.17, 15) is 4.79 Å². The van der Waals surface area contributed by atoms with Crippen LogP contribution >= 0.6 is 0 Å². The fraction of sp³-hybridized carbons (Fsp3) is 0.643. The van der Waals surface area contributed by atoms with Crippen molar-refractivity contribution in [3.63, 3.8) is 0 Å². The van der Waals surface area contributed by atoms with E-state index in [1.165, 1.54) is 6.20 Å². The van der Waals surface area contributed by atoms with Gasteiger partial charge in [0.15, 0.2) is 0 Å². The first-order valence-corrected chi connectivity index (χ1v) is 7.23. The summed E-state index contributed by atoms with van der Waals surface area (Å²) in [7, 11) is 1.77. The Bertz CT molecular complexity index is 426. The molecule has 0 aliphatic carbocycles. The summed E-state index contributed by atoms with van der Waals surface area (Å²) < 4.78 is 0. The van der Waals surface area contributed by atoms with Crippen molar-refractivity contribution < 1.29 is 4.79 Å². The average Bonchev–Trinajstić information content (AvgIpc) is 2.53. The van der Waals surface area contributed by atoms with Gasteiger partial charge in [-0.3, -0.25) is 4.79 Å². The first-order valence-electron chi connectivity index (χ1n) is 7.23. The number of aromatic nitrogens is 2. The molecular formula is C14H23N5O. The first kappa shape index (κ1) is 14.7. The van der Waals surface area contributed by atoms with Crippen LogP contribution < -0.4 is 10.6 Å². The van der Waals surface area contributed by atoms with Gasteiger partial charge in [0.25, 0.3) is 5.91 Å². The molecule has 1 aromatic rings. The highest BCUT2D eigenvalue weighted by atomic mass is 16.1. The fourth-order valence-electron chi connectivity index (χ4n) is 2.41. The first-order chi connectivity index (χ1) is 9.72. The Balaban J connectivity index is 1.77. The molecule has 0 atom stereocenters. The lowest BCUT2D eigenvalue weighted by atomic mass is 9.97. The molecule has 0 bridgehead atoms. The van der Waals surface area contributed by atoms with Crippen LogP contribution in [0.4, 0.5) is 5.82 Å². The molecule has 1 amide bonds. The van der Waals surface area contributed by atoms with Gasteiger partial charge in [0.2, 0.25) is 0 Å². The van der Waals surface area contributed by atoms with Gasteiger partial charge in [0.05, 0.1) is 12.4 Å². The summed E-state index contributed by atoms with van der Waals surface area (Å²) in [5, 5.41) is 5.84. The Morgan fingerprint density at radius 3 is 2.65 bits per heavy atom. The minimum Gasteiger partial charge on any atom is -0.372 e. The van der Waals surface area contributed by atoms with E-state index in [4.69, 9.17) is 0 Å². The molecule has 0 aromatic carbocycles. The number of likely N-dealkylation sites (tertiary alicyclic amines) is 1. The van der Waals surface area contributed by atoms with Crippen molar-refractivity contribution in [3.05, 3.63) is 18.1 Å². The number of rotatable bonds is 5. The molecule has 0 unspecified atom stereocenters. The van der Waals surface area contributed by atoms with Crippen LogP contribution in [0.5, 0.6) is 0 Å². The van der Waals surface area contributed by atoms with Crippen molar-refractivity contribution in [1.29, 1.82) is 0 Å². The summed E-state index contributed by atoms with van der Waals surface area (Å²) in [4.78, 5) is 22.6. The number of nitrogens with zero attached hydrogens (tertiary/aromatic N) is 3. The molecule has 110 valence electrons. The second-order valence-electron chi connectivity index (χ2n) is 5.12. The molecule has 6 nitrogen and oxygen atoms in total. The van der Waals surface area contributed by atoms with Gasteiger partial charge in [0.1, 0.15) is 11.5 Å². The molecular weight excluding hydrogens is 254 g/mol. The highest BCUT2D eigenvalue weighted by Crippen LogP contribution is 2.15. The summed E-state index contributed by atoms with van der Waals surface area (Å²) in [5.41, 5.74) is 0.370. The van der Waals surface area contributed by atoms with Crippen LogP contribution in [0.3, 0.4) is 0 Å².